The van der Waals surface area contributed by atoms with E-state index < -0.39 is 5.41 Å². The van der Waals surface area contributed by atoms with Gasteiger partial charge in [0.25, 0.3) is 6.34 Å². The molecule has 1 unspecified atom stereocenters. The smallest absolute Gasteiger partial charge is 0.255 e. The van der Waals surface area contributed by atoms with Crippen LogP contribution in [0.1, 0.15) is 51.5 Å². The fraction of sp³-hybridized carbons (Fsp3) is 0.379. The maximum Gasteiger partial charge on any atom is 0.255 e. The molecule has 0 radical (unpaired) electrons. The predicted molar refractivity (Wildman–Crippen MR) is 144 cm³/mol. The maximum atomic E-state index is 10.6. The third-order valence-electron chi connectivity index (χ3n) is 6.02. The lowest BCUT2D eigenvalue weighted by Gasteiger charge is -2.34. The number of nitriles is 1. The van der Waals surface area contributed by atoms with Gasteiger partial charge in [-0.15, -0.1) is 6.58 Å². The summed E-state index contributed by atoms with van der Waals surface area (Å²) in [6.45, 7) is 10.9. The van der Waals surface area contributed by atoms with Crippen LogP contribution in [-0.4, -0.2) is 30.9 Å². The van der Waals surface area contributed by atoms with E-state index in [1.807, 2.05) is 23.2 Å². The predicted octanol–water partition coefficient (Wildman–Crippen LogP) is 7.27. The molecule has 2 aromatic rings. The van der Waals surface area contributed by atoms with Crippen LogP contribution in [0.15, 0.2) is 88.4 Å². The molecule has 0 aromatic heterocycles. The van der Waals surface area contributed by atoms with Gasteiger partial charge < -0.3 is 4.90 Å². The second kappa shape index (κ2) is 13.0. The number of hydrogen-bond acceptors (Lipinski definition) is 5. The number of allylic oxidation sites excluding steroid dienone is 1. The SMILES string of the molecule is C=CCC(C#N)(CN1[C+]=NC=C1)c1ccc(Sc2ccccc2)cc1N(CCCC)CCCC. The first-order valence-corrected chi connectivity index (χ1v) is 13.0. The number of hydrogen-bond donors (Lipinski definition) is 0. The molecule has 5 heteroatoms. The van der Waals surface area contributed by atoms with E-state index in [-0.39, 0.29) is 0 Å². The third kappa shape index (κ3) is 6.50. The van der Waals surface area contributed by atoms with Gasteiger partial charge in [-0.2, -0.15) is 10.2 Å². The molecule has 0 spiro atoms. The lowest BCUT2D eigenvalue weighted by atomic mass is 9.77. The van der Waals surface area contributed by atoms with Gasteiger partial charge in [-0.25, -0.2) is 0 Å². The molecule has 1 aliphatic rings. The minimum Gasteiger partial charge on any atom is -0.371 e. The van der Waals surface area contributed by atoms with Crippen LogP contribution in [0.5, 0.6) is 0 Å². The molecule has 0 bridgehead atoms. The first-order valence-electron chi connectivity index (χ1n) is 12.2. The molecule has 176 valence electrons. The minimum absolute atomic E-state index is 0.489. The molecule has 0 saturated carbocycles. The number of rotatable bonds is 14. The Kier molecular flexibility index (Phi) is 9.76. The summed E-state index contributed by atoms with van der Waals surface area (Å²) in [7, 11) is 0. The topological polar surface area (TPSA) is 42.6 Å². The van der Waals surface area contributed by atoms with Crippen molar-refractivity contribution in [2.45, 2.75) is 61.2 Å². The Hall–Kier alpha value is -3.06. The van der Waals surface area contributed by atoms with Gasteiger partial charge >= 0.3 is 0 Å². The Labute approximate surface area is 209 Å². The van der Waals surface area contributed by atoms with Crippen LogP contribution in [0.4, 0.5) is 5.69 Å². The van der Waals surface area contributed by atoms with Crippen molar-refractivity contribution in [2.24, 2.45) is 4.99 Å². The van der Waals surface area contributed by atoms with Gasteiger partial charge in [-0.05, 0) is 54.1 Å². The second-order valence-corrected chi connectivity index (χ2v) is 9.78. The average Bonchev–Trinajstić information content (AvgIpc) is 3.37. The van der Waals surface area contributed by atoms with Gasteiger partial charge in [0.05, 0.1) is 12.6 Å². The normalized spacial score (nSPS) is 13.9. The van der Waals surface area contributed by atoms with Gasteiger partial charge in [-0.3, -0.25) is 0 Å². The highest BCUT2D eigenvalue weighted by Crippen LogP contribution is 2.40. The molecule has 3 rings (SSSR count). The van der Waals surface area contributed by atoms with Gasteiger partial charge in [0.15, 0.2) is 6.20 Å². The molecule has 0 amide bonds. The summed E-state index contributed by atoms with van der Waals surface area (Å²) in [5.74, 6) is 0. The van der Waals surface area contributed by atoms with E-state index in [4.69, 9.17) is 0 Å². The highest BCUT2D eigenvalue weighted by molar-refractivity contribution is 7.99. The summed E-state index contributed by atoms with van der Waals surface area (Å²) in [5.41, 5.74) is 1.47. The Bertz CT molecular complexity index is 1000. The van der Waals surface area contributed by atoms with Gasteiger partial charge in [0.1, 0.15) is 5.41 Å². The lowest BCUT2D eigenvalue weighted by molar-refractivity contribution is 0.428. The molecule has 4 nitrogen and oxygen atoms in total. The molecule has 0 aliphatic carbocycles. The average molecular weight is 472 g/mol. The van der Waals surface area contributed by atoms with Crippen molar-refractivity contribution in [3.05, 3.63) is 79.1 Å². The zero-order valence-corrected chi connectivity index (χ0v) is 21.2. The summed E-state index contributed by atoms with van der Waals surface area (Å²) >= 11 is 1.76. The fourth-order valence-electron chi connectivity index (χ4n) is 4.20. The molecule has 0 saturated heterocycles. The number of benzene rings is 2. The first-order chi connectivity index (χ1) is 16.7. The number of nitrogens with zero attached hydrogens (tertiary/aromatic N) is 4. The van der Waals surface area contributed by atoms with E-state index >= 15 is 0 Å². The van der Waals surface area contributed by atoms with E-state index in [9.17, 15) is 5.26 Å². The van der Waals surface area contributed by atoms with Gasteiger partial charge in [0.2, 0.25) is 6.20 Å². The van der Waals surface area contributed by atoms with Crippen molar-refractivity contribution < 1.29 is 0 Å². The van der Waals surface area contributed by atoms with Crippen molar-refractivity contribution >= 4 is 23.8 Å². The van der Waals surface area contributed by atoms with Crippen LogP contribution in [-0.2, 0) is 5.41 Å². The zero-order chi connectivity index (χ0) is 24.2. The summed E-state index contributed by atoms with van der Waals surface area (Å²) in [4.78, 5) is 10.8. The molecular formula is C29H35N4S+. The van der Waals surface area contributed by atoms with E-state index in [0.29, 0.717) is 13.0 Å². The maximum absolute atomic E-state index is 10.6. The Morgan fingerprint density at radius 3 is 2.44 bits per heavy atom. The summed E-state index contributed by atoms with van der Waals surface area (Å²) < 4.78 is 0. The van der Waals surface area contributed by atoms with Crippen LogP contribution in [0.25, 0.3) is 0 Å². The van der Waals surface area contributed by atoms with E-state index in [1.165, 1.54) is 9.79 Å². The van der Waals surface area contributed by atoms with Gasteiger partial charge in [0, 0.05) is 28.6 Å². The number of unbranched alkanes of at least 4 members (excludes halogenated alkanes) is 2. The third-order valence-corrected chi connectivity index (χ3v) is 7.02. The minimum atomic E-state index is -0.749. The number of aliphatic imine (C=N–C) groups is 1. The van der Waals surface area contributed by atoms with E-state index in [0.717, 1.165) is 50.0 Å². The summed E-state index contributed by atoms with van der Waals surface area (Å²) in [6.07, 6.45) is 13.5. The van der Waals surface area contributed by atoms with Crippen LogP contribution in [0, 0.1) is 11.3 Å². The summed E-state index contributed by atoms with van der Waals surface area (Å²) in [5, 5.41) is 10.6. The molecule has 1 atom stereocenters. The Morgan fingerprint density at radius 1 is 1.12 bits per heavy atom. The van der Waals surface area contributed by atoms with Crippen molar-refractivity contribution in [3.63, 3.8) is 0 Å². The fourth-order valence-corrected chi connectivity index (χ4v) is 5.07. The molecule has 1 heterocycles. The van der Waals surface area contributed by atoms with Crippen LogP contribution in [0.3, 0.4) is 0 Å². The largest absolute Gasteiger partial charge is 0.371 e. The molecule has 34 heavy (non-hydrogen) atoms. The van der Waals surface area contributed by atoms with Crippen molar-refractivity contribution in [2.75, 3.05) is 24.5 Å². The molecule has 0 N–H and O–H groups in total. The van der Waals surface area contributed by atoms with Gasteiger partial charge in [-0.1, -0.05) is 68.8 Å². The number of anilines is 1. The molecule has 1 aliphatic heterocycles. The summed E-state index contributed by atoms with van der Waals surface area (Å²) in [6, 6.07) is 19.7. The highest BCUT2D eigenvalue weighted by atomic mass is 32.2. The monoisotopic (exact) mass is 471 g/mol. The van der Waals surface area contributed by atoms with Crippen molar-refractivity contribution in [1.82, 2.24) is 4.90 Å². The Balaban J connectivity index is 2.09. The molecule has 0 fully saturated rings. The van der Waals surface area contributed by atoms with Crippen LogP contribution in [0.2, 0.25) is 0 Å². The quantitative estimate of drug-likeness (QED) is 0.215. The zero-order valence-electron chi connectivity index (χ0n) is 20.4. The Morgan fingerprint density at radius 2 is 1.85 bits per heavy atom. The van der Waals surface area contributed by atoms with Crippen LogP contribution < -0.4 is 4.90 Å². The molecular weight excluding hydrogens is 436 g/mol. The van der Waals surface area contributed by atoms with E-state index in [1.54, 1.807) is 18.0 Å². The lowest BCUT2D eigenvalue weighted by Crippen LogP contribution is -2.38. The highest BCUT2D eigenvalue weighted by Gasteiger charge is 2.38. The van der Waals surface area contributed by atoms with Crippen molar-refractivity contribution in [3.8, 4) is 6.07 Å². The van der Waals surface area contributed by atoms with Crippen LogP contribution >= 0.6 is 11.8 Å². The second-order valence-electron chi connectivity index (χ2n) is 8.63. The van der Waals surface area contributed by atoms with Crippen molar-refractivity contribution in [1.29, 1.82) is 5.26 Å². The first kappa shape index (κ1) is 25.6. The molecule has 2 aromatic carbocycles. The standard InChI is InChI=1S/C29H35N4S/c1-4-7-18-33(19-8-5-2)28-21-26(34-25-12-10-9-11-13-25)14-15-27(28)29(22-30,16-6-3)23-32-20-17-31-24-32/h6,9-15,17,20-21H,3-5,7-8,16,18-19,23H2,1-2H3/q+1. The van der Waals surface area contributed by atoms with E-state index in [2.05, 4.69) is 85.2 Å².